The van der Waals surface area contributed by atoms with Gasteiger partial charge in [0.05, 0.1) is 0 Å². The number of hydrogen-bond donors (Lipinski definition) is 0. The monoisotopic (exact) mass is 1630 g/mol. The molecule has 0 bridgehead atoms. The minimum atomic E-state index is 0.937. The van der Waals surface area contributed by atoms with Gasteiger partial charge in [-0.25, -0.2) is 0 Å². The van der Waals surface area contributed by atoms with E-state index in [1.165, 1.54) is 254 Å². The second-order valence-corrected chi connectivity index (χ2v) is 34.6. The number of fused-ring (bicyclic) bond motifs is 10. The molecular weight excluding hydrogens is 1540 g/mol. The van der Waals surface area contributed by atoms with Gasteiger partial charge < -0.3 is 9.13 Å². The molecule has 0 atom stereocenters. The Morgan fingerprint density at radius 3 is 0.547 bits per heavy atom. The Labute approximate surface area is 748 Å². The molecule has 2 heterocycles. The summed E-state index contributed by atoms with van der Waals surface area (Å²) in [5, 5.41) is 15.2. The molecule has 0 fully saturated rings. The number of hydrogen-bond acceptors (Lipinski definition) is 0. The Balaban J connectivity index is 0.000000151. The summed E-state index contributed by atoms with van der Waals surface area (Å²) in [6.45, 7) is 15.0. The average molecular weight is 1640 g/mol. The van der Waals surface area contributed by atoms with Crippen molar-refractivity contribution in [2.24, 2.45) is 0 Å². The molecule has 0 aliphatic rings. The van der Waals surface area contributed by atoms with E-state index >= 15 is 0 Å². The van der Waals surface area contributed by atoms with E-state index in [9.17, 15) is 0 Å². The highest BCUT2D eigenvalue weighted by Gasteiger charge is 2.24. The Morgan fingerprint density at radius 1 is 0.133 bits per heavy atom. The summed E-state index contributed by atoms with van der Waals surface area (Å²) in [6.07, 6.45) is 0. The van der Waals surface area contributed by atoms with Gasteiger partial charge in [-0.3, -0.25) is 0 Å². The number of aryl methyl sites for hydroxylation is 6. The summed E-state index contributed by atoms with van der Waals surface area (Å²) in [7, 11) is 0. The van der Waals surface area contributed by atoms with Crippen LogP contribution in [0.15, 0.2) is 437 Å². The van der Waals surface area contributed by atoms with Gasteiger partial charge >= 0.3 is 0 Å². The maximum absolute atomic E-state index is 2.43. The lowest BCUT2D eigenvalue weighted by Crippen LogP contribution is -1.93. The summed E-state index contributed by atoms with van der Waals surface area (Å²) in [6, 6.07) is 163. The number of benzene rings is 21. The first-order valence-corrected chi connectivity index (χ1v) is 45.0. The Morgan fingerprint density at radius 2 is 0.305 bits per heavy atom. The quantitative estimate of drug-likeness (QED) is 0.0906. The zero-order chi connectivity index (χ0) is 86.0. The third-order valence-electron chi connectivity index (χ3n) is 26.7. The van der Waals surface area contributed by atoms with Gasteiger partial charge in [-0.05, 0) is 290 Å². The molecule has 608 valence electrons. The van der Waals surface area contributed by atoms with Crippen LogP contribution in [0.25, 0.3) is 231 Å². The minimum Gasteiger partial charge on any atom is -0.341 e. The lowest BCUT2D eigenvalue weighted by Gasteiger charge is -2.20. The van der Waals surface area contributed by atoms with E-state index in [2.05, 4.69) is 487 Å². The van der Waals surface area contributed by atoms with Gasteiger partial charge in [-0.1, -0.05) is 398 Å². The second kappa shape index (κ2) is 33.1. The minimum absolute atomic E-state index is 0.937. The molecule has 0 saturated heterocycles. The number of rotatable bonds is 15. The fraction of sp³-hybridized carbons (Fsp3) is 0.0635. The first kappa shape index (κ1) is 78.3. The van der Waals surface area contributed by atoms with Crippen LogP contribution < -0.4 is 0 Å². The van der Waals surface area contributed by atoms with Crippen molar-refractivity contribution in [2.45, 2.75) is 54.6 Å². The van der Waals surface area contributed by atoms with Gasteiger partial charge in [0.2, 0.25) is 0 Å². The molecule has 2 heteroatoms. The van der Waals surface area contributed by atoms with Gasteiger partial charge in [0.1, 0.15) is 0 Å². The second-order valence-electron chi connectivity index (χ2n) is 34.6. The molecular formula is C126H94N2. The van der Waals surface area contributed by atoms with Gasteiger partial charge in [-0.15, -0.1) is 0 Å². The van der Waals surface area contributed by atoms with Crippen molar-refractivity contribution in [1.82, 2.24) is 9.13 Å². The molecule has 21 aromatic carbocycles. The molecule has 0 radical (unpaired) electrons. The van der Waals surface area contributed by atoms with Gasteiger partial charge in [0.15, 0.2) is 0 Å². The van der Waals surface area contributed by atoms with Crippen LogP contribution in [0.2, 0.25) is 0 Å². The van der Waals surface area contributed by atoms with E-state index in [0.717, 1.165) is 13.1 Å². The van der Waals surface area contributed by atoms with Crippen LogP contribution in [-0.4, -0.2) is 9.13 Å². The van der Waals surface area contributed by atoms with Crippen molar-refractivity contribution in [3.05, 3.63) is 459 Å². The lowest BCUT2D eigenvalue weighted by atomic mass is 9.83. The molecule has 23 rings (SSSR count). The fourth-order valence-corrected chi connectivity index (χ4v) is 20.0. The van der Waals surface area contributed by atoms with E-state index in [1.54, 1.807) is 0 Å². The SMILES string of the molecule is CCn1c2ccccc2c2cc(-c3ccc(-c4c5ccc(-c6ccc(C)cc6)cc5c(-c5ccc(-c6ccc(-c7ccccc7)cc6)cc5)c5ccc(-c6ccc(C)cc6)cc45)cc3)ccc21.CCn1c2ccccc2c2cc(-c3ccc(-c4c5ccc(-c6ccc(C)cc6)cc5c(-c5ccc(-c6ccccc6)cc5)c5ccc(-c6ccc(C)cc6)cc45)cc3)ccc21. The standard InChI is InChI=1S/C66H49N.C60H45N/c1-4-67-63-13-9-8-12-57(63)60-40-56(36-39-64(60)67)51-28-32-53(33-29-51)66-59-38-35-54(49-18-14-43(2)15-19-49)41-61(59)65(58-37-34-55(42-62(58)66)50-20-16-44(3)17-21-50)52-30-26-48(27-31-52)47-24-22-46(23-25-47)45-10-6-5-7-11-45;1-4-61-57-13-9-8-12-51(57)54-36-50(32-35-58(54)61)45-24-28-47(29-25-45)60-53-34-31-48(43-18-14-39(2)15-19-43)37-55(53)59(46-26-22-42(23-27-46)41-10-6-5-7-11-41)52-33-30-49(38-56(52)60)44-20-16-40(3)17-21-44/h5-42H,4H2,1-3H3;5-38H,4H2,1-3H3. The first-order chi connectivity index (χ1) is 63.0. The topological polar surface area (TPSA) is 9.86 Å². The van der Waals surface area contributed by atoms with Crippen molar-refractivity contribution in [1.29, 1.82) is 0 Å². The molecule has 0 N–H and O–H groups in total. The molecule has 0 aliphatic heterocycles. The van der Waals surface area contributed by atoms with Crippen LogP contribution in [0.3, 0.4) is 0 Å². The maximum Gasteiger partial charge on any atom is 0.0491 e. The molecule has 0 spiro atoms. The predicted molar refractivity (Wildman–Crippen MR) is 550 cm³/mol. The molecule has 2 nitrogen and oxygen atoms in total. The lowest BCUT2D eigenvalue weighted by molar-refractivity contribution is 0.827. The van der Waals surface area contributed by atoms with E-state index in [-0.39, 0.29) is 0 Å². The molecule has 0 amide bonds. The largest absolute Gasteiger partial charge is 0.341 e. The Kier molecular flexibility index (Phi) is 20.2. The summed E-state index contributed by atoms with van der Waals surface area (Å²) in [4.78, 5) is 0. The third kappa shape index (κ3) is 14.4. The maximum atomic E-state index is 2.43. The van der Waals surface area contributed by atoms with Crippen molar-refractivity contribution in [3.63, 3.8) is 0 Å². The van der Waals surface area contributed by atoms with Crippen LogP contribution in [0.5, 0.6) is 0 Å². The van der Waals surface area contributed by atoms with E-state index in [0.29, 0.717) is 0 Å². The molecule has 0 aliphatic carbocycles. The molecule has 0 unspecified atom stereocenters. The van der Waals surface area contributed by atoms with Crippen molar-refractivity contribution < 1.29 is 0 Å². The van der Waals surface area contributed by atoms with Gasteiger partial charge in [0, 0.05) is 56.7 Å². The van der Waals surface area contributed by atoms with Crippen molar-refractivity contribution in [3.8, 4) is 145 Å². The summed E-state index contributed by atoms with van der Waals surface area (Å²) < 4.78 is 4.84. The van der Waals surface area contributed by atoms with Gasteiger partial charge in [-0.2, -0.15) is 0 Å². The number of para-hydroxylation sites is 2. The highest BCUT2D eigenvalue weighted by atomic mass is 15.0. The number of nitrogens with zero attached hydrogens (tertiary/aromatic N) is 2. The van der Waals surface area contributed by atoms with Crippen molar-refractivity contribution in [2.75, 3.05) is 0 Å². The van der Waals surface area contributed by atoms with Crippen LogP contribution in [0.1, 0.15) is 36.1 Å². The van der Waals surface area contributed by atoms with Crippen LogP contribution >= 0.6 is 0 Å². The summed E-state index contributed by atoms with van der Waals surface area (Å²) in [5.41, 5.74) is 41.9. The van der Waals surface area contributed by atoms with Crippen molar-refractivity contribution >= 4 is 86.7 Å². The molecule has 23 aromatic rings. The highest BCUT2D eigenvalue weighted by Crippen LogP contribution is 2.51. The molecule has 0 saturated carbocycles. The van der Waals surface area contributed by atoms with Crippen LogP contribution in [-0.2, 0) is 13.1 Å². The molecule has 2 aromatic heterocycles. The third-order valence-corrected chi connectivity index (χ3v) is 26.7. The fourth-order valence-electron chi connectivity index (χ4n) is 20.0. The zero-order valence-corrected chi connectivity index (χ0v) is 72.9. The highest BCUT2D eigenvalue weighted by molar-refractivity contribution is 6.25. The Hall–Kier alpha value is -15.7. The normalized spacial score (nSPS) is 11.6. The predicted octanol–water partition coefficient (Wildman–Crippen LogP) is 35.1. The summed E-state index contributed by atoms with van der Waals surface area (Å²) >= 11 is 0. The summed E-state index contributed by atoms with van der Waals surface area (Å²) in [5.74, 6) is 0. The van der Waals surface area contributed by atoms with Gasteiger partial charge in [0.25, 0.3) is 0 Å². The van der Waals surface area contributed by atoms with E-state index < -0.39 is 0 Å². The van der Waals surface area contributed by atoms with Crippen LogP contribution in [0, 0.1) is 27.7 Å². The van der Waals surface area contributed by atoms with E-state index in [4.69, 9.17) is 0 Å². The number of aromatic nitrogens is 2. The Bertz CT molecular complexity index is 8160. The smallest absolute Gasteiger partial charge is 0.0491 e. The molecule has 128 heavy (non-hydrogen) atoms. The first-order valence-electron chi connectivity index (χ1n) is 45.0. The van der Waals surface area contributed by atoms with E-state index in [1.807, 2.05) is 0 Å². The average Bonchev–Trinajstić information content (AvgIpc) is 1.00. The zero-order valence-electron chi connectivity index (χ0n) is 72.9. The van der Waals surface area contributed by atoms with Crippen LogP contribution in [0.4, 0.5) is 0 Å².